The van der Waals surface area contributed by atoms with Crippen LogP contribution in [-0.2, 0) is 16.0 Å². The maximum absolute atomic E-state index is 11.9. The first-order valence-corrected chi connectivity index (χ1v) is 5.64. The SMILES string of the molecule is CCCc1nc(C(=O)N(CC(N)=O)CC(=O)O)n[nH]1. The van der Waals surface area contributed by atoms with E-state index in [4.69, 9.17) is 10.8 Å². The standard InChI is InChI=1S/C10H15N5O4/c1-2-3-7-12-9(14-13-7)10(19)15(4-6(11)16)5-8(17)18/h2-5H2,1H3,(H2,11,16)(H,17,18)(H,12,13,14). The molecule has 9 nitrogen and oxygen atoms in total. The van der Waals surface area contributed by atoms with Gasteiger partial charge in [0, 0.05) is 6.42 Å². The normalized spacial score (nSPS) is 10.2. The summed E-state index contributed by atoms with van der Waals surface area (Å²) in [5.41, 5.74) is 4.96. The molecule has 0 aromatic carbocycles. The number of carboxylic acids is 1. The molecule has 104 valence electrons. The summed E-state index contributed by atoms with van der Waals surface area (Å²) in [5.74, 6) is -2.45. The molecule has 1 rings (SSSR count). The Balaban J connectivity index is 2.84. The Labute approximate surface area is 108 Å². The van der Waals surface area contributed by atoms with Gasteiger partial charge < -0.3 is 15.7 Å². The number of primary amides is 1. The molecule has 2 amide bonds. The molecule has 4 N–H and O–H groups in total. The lowest BCUT2D eigenvalue weighted by Gasteiger charge is -2.16. The summed E-state index contributed by atoms with van der Waals surface area (Å²) in [6, 6.07) is 0. The molecule has 0 aliphatic rings. The molecule has 1 heterocycles. The zero-order valence-corrected chi connectivity index (χ0v) is 10.4. The Hall–Kier alpha value is -2.45. The van der Waals surface area contributed by atoms with E-state index in [0.29, 0.717) is 12.2 Å². The molecule has 0 aliphatic heterocycles. The van der Waals surface area contributed by atoms with Gasteiger partial charge in [-0.15, -0.1) is 5.10 Å². The van der Waals surface area contributed by atoms with Crippen molar-refractivity contribution in [2.45, 2.75) is 19.8 Å². The number of H-pyrrole nitrogens is 1. The average Bonchev–Trinajstić information content (AvgIpc) is 2.75. The van der Waals surface area contributed by atoms with Gasteiger partial charge in [-0.2, -0.15) is 0 Å². The number of hydrogen-bond acceptors (Lipinski definition) is 5. The van der Waals surface area contributed by atoms with Crippen LogP contribution in [0.2, 0.25) is 0 Å². The third-order valence-corrected chi connectivity index (χ3v) is 2.17. The van der Waals surface area contributed by atoms with E-state index in [2.05, 4.69) is 15.2 Å². The van der Waals surface area contributed by atoms with Crippen molar-refractivity contribution in [1.82, 2.24) is 20.1 Å². The second-order valence-electron chi connectivity index (χ2n) is 3.88. The molecule has 1 aromatic heterocycles. The quantitative estimate of drug-likeness (QED) is 0.565. The third kappa shape index (κ3) is 4.37. The van der Waals surface area contributed by atoms with Gasteiger partial charge in [-0.1, -0.05) is 6.92 Å². The van der Waals surface area contributed by atoms with Crippen LogP contribution in [0.5, 0.6) is 0 Å². The molecule has 1 aromatic rings. The number of carbonyl (C=O) groups is 3. The van der Waals surface area contributed by atoms with Crippen LogP contribution in [0.4, 0.5) is 0 Å². The zero-order valence-electron chi connectivity index (χ0n) is 10.4. The lowest BCUT2D eigenvalue weighted by atomic mass is 10.3. The van der Waals surface area contributed by atoms with Gasteiger partial charge in [0.25, 0.3) is 5.91 Å². The molecule has 0 aliphatic carbocycles. The lowest BCUT2D eigenvalue weighted by Crippen LogP contribution is -2.42. The molecule has 9 heteroatoms. The number of nitrogens with zero attached hydrogens (tertiary/aromatic N) is 3. The summed E-state index contributed by atoms with van der Waals surface area (Å²) in [6.45, 7) is 0.802. The maximum Gasteiger partial charge on any atom is 0.323 e. The van der Waals surface area contributed by atoms with Gasteiger partial charge in [0.15, 0.2) is 0 Å². The number of nitrogens with one attached hydrogen (secondary N) is 1. The van der Waals surface area contributed by atoms with E-state index in [1.54, 1.807) is 0 Å². The Morgan fingerprint density at radius 2 is 2.05 bits per heavy atom. The summed E-state index contributed by atoms with van der Waals surface area (Å²) in [4.78, 5) is 38.1. The number of hydrogen-bond donors (Lipinski definition) is 3. The first kappa shape index (κ1) is 14.6. The van der Waals surface area contributed by atoms with Crippen LogP contribution >= 0.6 is 0 Å². The van der Waals surface area contributed by atoms with Crippen LogP contribution < -0.4 is 5.73 Å². The van der Waals surface area contributed by atoms with Crippen LogP contribution in [-0.4, -0.2) is 56.1 Å². The predicted octanol–water partition coefficient (Wildman–Crippen LogP) is -1.23. The van der Waals surface area contributed by atoms with E-state index in [1.165, 1.54) is 0 Å². The molecule has 0 radical (unpaired) electrons. The molecule has 0 atom stereocenters. The maximum atomic E-state index is 11.9. The Morgan fingerprint density at radius 1 is 1.37 bits per heavy atom. The number of aromatic nitrogens is 3. The fourth-order valence-electron chi connectivity index (χ4n) is 1.43. The van der Waals surface area contributed by atoms with Crippen LogP contribution in [0.3, 0.4) is 0 Å². The van der Waals surface area contributed by atoms with Crippen molar-refractivity contribution in [3.8, 4) is 0 Å². The molecular weight excluding hydrogens is 254 g/mol. The molecule has 0 saturated carbocycles. The van der Waals surface area contributed by atoms with Gasteiger partial charge in [0.1, 0.15) is 18.9 Å². The average molecular weight is 269 g/mol. The van der Waals surface area contributed by atoms with E-state index in [-0.39, 0.29) is 5.82 Å². The van der Waals surface area contributed by atoms with Crippen LogP contribution in [0, 0.1) is 0 Å². The molecular formula is C10H15N5O4. The third-order valence-electron chi connectivity index (χ3n) is 2.17. The molecule has 0 unspecified atom stereocenters. The highest BCUT2D eigenvalue weighted by molar-refractivity contribution is 5.95. The summed E-state index contributed by atoms with van der Waals surface area (Å²) in [5, 5.41) is 15.0. The largest absolute Gasteiger partial charge is 0.480 e. The van der Waals surface area contributed by atoms with Gasteiger partial charge in [-0.05, 0) is 6.42 Å². The Morgan fingerprint density at radius 3 is 2.58 bits per heavy atom. The molecule has 0 fully saturated rings. The van der Waals surface area contributed by atoms with Gasteiger partial charge in [0.05, 0.1) is 0 Å². The number of carboxylic acid groups (broad SMARTS) is 1. The van der Waals surface area contributed by atoms with Crippen molar-refractivity contribution in [3.63, 3.8) is 0 Å². The fourth-order valence-corrected chi connectivity index (χ4v) is 1.43. The number of amides is 2. The van der Waals surface area contributed by atoms with E-state index in [9.17, 15) is 14.4 Å². The first-order chi connectivity index (χ1) is 8.93. The first-order valence-electron chi connectivity index (χ1n) is 5.64. The smallest absolute Gasteiger partial charge is 0.323 e. The summed E-state index contributed by atoms with van der Waals surface area (Å²) >= 11 is 0. The second kappa shape index (κ2) is 6.47. The molecule has 0 saturated heterocycles. The summed E-state index contributed by atoms with van der Waals surface area (Å²) < 4.78 is 0. The van der Waals surface area contributed by atoms with Crippen molar-refractivity contribution >= 4 is 17.8 Å². The number of aromatic amines is 1. The second-order valence-corrected chi connectivity index (χ2v) is 3.88. The van der Waals surface area contributed by atoms with Gasteiger partial charge in [-0.3, -0.25) is 19.5 Å². The number of nitrogens with two attached hydrogens (primary N) is 1. The van der Waals surface area contributed by atoms with Crippen molar-refractivity contribution in [1.29, 1.82) is 0 Å². The van der Waals surface area contributed by atoms with E-state index in [1.807, 2.05) is 6.92 Å². The fraction of sp³-hybridized carbons (Fsp3) is 0.500. The van der Waals surface area contributed by atoms with Gasteiger partial charge in [0.2, 0.25) is 11.7 Å². The van der Waals surface area contributed by atoms with Crippen molar-refractivity contribution in [2.24, 2.45) is 5.73 Å². The summed E-state index contributed by atoms with van der Waals surface area (Å²) in [7, 11) is 0. The van der Waals surface area contributed by atoms with Gasteiger partial charge >= 0.3 is 5.97 Å². The number of aryl methyl sites for hydroxylation is 1. The highest BCUT2D eigenvalue weighted by Gasteiger charge is 2.23. The topological polar surface area (TPSA) is 142 Å². The van der Waals surface area contributed by atoms with E-state index in [0.717, 1.165) is 11.3 Å². The highest BCUT2D eigenvalue weighted by Crippen LogP contribution is 2.01. The van der Waals surface area contributed by atoms with Crippen molar-refractivity contribution in [2.75, 3.05) is 13.1 Å². The number of carbonyl (C=O) groups excluding carboxylic acids is 2. The number of rotatable bonds is 7. The Kier molecular flexibility index (Phi) is 4.98. The van der Waals surface area contributed by atoms with Crippen molar-refractivity contribution < 1.29 is 19.5 Å². The zero-order chi connectivity index (χ0) is 14.4. The monoisotopic (exact) mass is 269 g/mol. The minimum absolute atomic E-state index is 0.175. The number of aliphatic carboxylic acids is 1. The van der Waals surface area contributed by atoms with E-state index >= 15 is 0 Å². The highest BCUT2D eigenvalue weighted by atomic mass is 16.4. The van der Waals surface area contributed by atoms with Crippen LogP contribution in [0.1, 0.15) is 29.8 Å². The molecule has 0 spiro atoms. The van der Waals surface area contributed by atoms with Gasteiger partial charge in [-0.25, -0.2) is 4.98 Å². The minimum Gasteiger partial charge on any atom is -0.480 e. The summed E-state index contributed by atoms with van der Waals surface area (Å²) in [6.07, 6.45) is 1.44. The molecule has 19 heavy (non-hydrogen) atoms. The predicted molar refractivity (Wildman–Crippen MR) is 63.1 cm³/mol. The Bertz CT molecular complexity index is 468. The lowest BCUT2D eigenvalue weighted by molar-refractivity contribution is -0.138. The van der Waals surface area contributed by atoms with Crippen LogP contribution in [0.25, 0.3) is 0 Å². The minimum atomic E-state index is -1.25. The molecule has 0 bridgehead atoms. The van der Waals surface area contributed by atoms with Crippen molar-refractivity contribution in [3.05, 3.63) is 11.6 Å². The van der Waals surface area contributed by atoms with Crippen LogP contribution in [0.15, 0.2) is 0 Å². The van der Waals surface area contributed by atoms with E-state index < -0.39 is 30.9 Å².